The molecule has 0 aliphatic heterocycles. The summed E-state index contributed by atoms with van der Waals surface area (Å²) in [7, 11) is -19.0. The summed E-state index contributed by atoms with van der Waals surface area (Å²) in [6.45, 7) is 5.22. The molecular weight excluding hydrogens is 661 g/mol. The lowest BCUT2D eigenvalue weighted by Gasteiger charge is -2.28. The van der Waals surface area contributed by atoms with Gasteiger partial charge in [-0.25, -0.2) is 16.8 Å². The molecule has 0 aromatic heterocycles. The van der Waals surface area contributed by atoms with Crippen LogP contribution in [0.5, 0.6) is 0 Å². The van der Waals surface area contributed by atoms with Crippen molar-refractivity contribution in [3.63, 3.8) is 0 Å². The maximum atomic E-state index is 13.6. The van der Waals surface area contributed by atoms with Gasteiger partial charge in [-0.05, 0) is 49.2 Å². The highest BCUT2D eigenvalue weighted by Gasteiger charge is 2.40. The second-order valence-corrected chi connectivity index (χ2v) is 16.9. The van der Waals surface area contributed by atoms with Crippen molar-refractivity contribution in [2.24, 2.45) is 0 Å². The van der Waals surface area contributed by atoms with Crippen LogP contribution in [0.2, 0.25) is 0 Å². The number of hydrogen-bond acceptors (Lipinski definition) is 10. The zero-order valence-electron chi connectivity index (χ0n) is 24.4. The minimum atomic E-state index is -4.84. The van der Waals surface area contributed by atoms with Crippen molar-refractivity contribution in [1.29, 1.82) is 0 Å². The fourth-order valence-corrected chi connectivity index (χ4v) is 11.5. The maximum Gasteiger partial charge on any atom is 0.282 e. The van der Waals surface area contributed by atoms with Crippen molar-refractivity contribution in [1.82, 2.24) is 8.61 Å². The Balaban J connectivity index is 2.15. The standard InChI is InChI=1S/C26H34N2O12S4/c1-5-9-23(43(35,36)37)27(7-3)41(31,32)17-11-13-19-21(15-17)26(30)22-16-18(12-14-20(22)25(19)29)42(33,34)28(8-4)24(10-6-2)44(38,39)40/h11-16,23-24H,5-10H2,1-4H3,(H,35,36,37)(H,38,39,40). The zero-order chi connectivity index (χ0) is 33.4. The number of rotatable bonds is 14. The van der Waals surface area contributed by atoms with Gasteiger partial charge < -0.3 is 0 Å². The van der Waals surface area contributed by atoms with Gasteiger partial charge in [0, 0.05) is 35.3 Å². The number of carbonyl (C=O) groups is 2. The molecule has 0 spiro atoms. The van der Waals surface area contributed by atoms with E-state index in [1.54, 1.807) is 13.8 Å². The molecule has 0 fully saturated rings. The van der Waals surface area contributed by atoms with Gasteiger partial charge in [-0.15, -0.1) is 0 Å². The van der Waals surface area contributed by atoms with Gasteiger partial charge in [-0.1, -0.05) is 40.5 Å². The lowest BCUT2D eigenvalue weighted by molar-refractivity contribution is 0.0978. The maximum absolute atomic E-state index is 13.6. The Bertz CT molecular complexity index is 1770. The predicted octanol–water partition coefficient (Wildman–Crippen LogP) is 2.51. The van der Waals surface area contributed by atoms with Crippen LogP contribution >= 0.6 is 0 Å². The fourth-order valence-electron chi connectivity index (χ4n) is 5.13. The second kappa shape index (κ2) is 13.0. The van der Waals surface area contributed by atoms with Crippen LogP contribution in [0.1, 0.15) is 85.2 Å². The summed E-state index contributed by atoms with van der Waals surface area (Å²) < 4.78 is 123. The van der Waals surface area contributed by atoms with E-state index in [1.807, 2.05) is 0 Å². The van der Waals surface area contributed by atoms with Crippen molar-refractivity contribution in [3.8, 4) is 0 Å². The highest BCUT2D eigenvalue weighted by Crippen LogP contribution is 2.33. The lowest BCUT2D eigenvalue weighted by Crippen LogP contribution is -2.44. The average molecular weight is 695 g/mol. The molecule has 0 amide bonds. The molecule has 44 heavy (non-hydrogen) atoms. The number of ketones is 2. The Kier molecular flexibility index (Phi) is 10.6. The van der Waals surface area contributed by atoms with Crippen molar-refractivity contribution in [3.05, 3.63) is 58.7 Å². The Morgan fingerprint density at radius 2 is 0.886 bits per heavy atom. The first-order chi connectivity index (χ1) is 20.3. The van der Waals surface area contributed by atoms with E-state index in [0.717, 1.165) is 36.4 Å². The van der Waals surface area contributed by atoms with Gasteiger partial charge in [0.15, 0.2) is 22.3 Å². The van der Waals surface area contributed by atoms with Crippen LogP contribution in [0.4, 0.5) is 0 Å². The third-order valence-electron chi connectivity index (χ3n) is 7.20. The summed E-state index contributed by atoms with van der Waals surface area (Å²) in [6.07, 6.45) is -0.00214. The zero-order valence-corrected chi connectivity index (χ0v) is 27.6. The topological polar surface area (TPSA) is 218 Å². The molecule has 1 aliphatic carbocycles. The normalized spacial score (nSPS) is 15.7. The summed E-state index contributed by atoms with van der Waals surface area (Å²) >= 11 is 0. The first-order valence-corrected chi connectivity index (χ1v) is 19.5. The van der Waals surface area contributed by atoms with Gasteiger partial charge in [0.2, 0.25) is 20.0 Å². The Morgan fingerprint density at radius 3 is 1.16 bits per heavy atom. The Labute approximate surface area is 257 Å². The van der Waals surface area contributed by atoms with Crippen LogP contribution in [-0.4, -0.2) is 86.8 Å². The molecular formula is C26H34N2O12S4. The smallest absolute Gasteiger partial charge is 0.282 e. The first kappa shape index (κ1) is 35.9. The molecule has 2 N–H and O–H groups in total. The van der Waals surface area contributed by atoms with Crippen LogP contribution in [0.3, 0.4) is 0 Å². The van der Waals surface area contributed by atoms with E-state index in [9.17, 15) is 52.4 Å². The van der Waals surface area contributed by atoms with E-state index in [2.05, 4.69) is 0 Å². The molecule has 244 valence electrons. The highest BCUT2D eigenvalue weighted by molar-refractivity contribution is 7.92. The van der Waals surface area contributed by atoms with Crippen molar-refractivity contribution < 1.29 is 52.4 Å². The second-order valence-electron chi connectivity index (χ2n) is 10.0. The molecule has 0 saturated carbocycles. The monoisotopic (exact) mass is 694 g/mol. The van der Waals surface area contributed by atoms with Crippen LogP contribution in [-0.2, 0) is 40.3 Å². The summed E-state index contributed by atoms with van der Waals surface area (Å²) in [5.41, 5.74) is -1.13. The third-order valence-corrected chi connectivity index (χ3v) is 13.8. The van der Waals surface area contributed by atoms with Crippen molar-refractivity contribution in [2.45, 2.75) is 73.9 Å². The molecule has 2 aromatic rings. The van der Waals surface area contributed by atoms with E-state index in [1.165, 1.54) is 13.8 Å². The molecule has 0 heterocycles. The van der Waals surface area contributed by atoms with Crippen molar-refractivity contribution >= 4 is 51.8 Å². The number of sulfonamides is 2. The van der Waals surface area contributed by atoms with Crippen molar-refractivity contribution in [2.75, 3.05) is 13.1 Å². The molecule has 0 radical (unpaired) electrons. The number of benzene rings is 2. The summed E-state index contributed by atoms with van der Waals surface area (Å²) in [6, 6.07) is 6.01. The Hall–Kier alpha value is -2.58. The summed E-state index contributed by atoms with van der Waals surface area (Å²) in [5, 5.41) is -3.60. The number of carbonyl (C=O) groups excluding carboxylic acids is 2. The molecule has 14 nitrogen and oxygen atoms in total. The molecule has 0 saturated heterocycles. The van der Waals surface area contributed by atoms with Gasteiger partial charge in [0.1, 0.15) is 0 Å². The SMILES string of the molecule is CCCC(N(CC)S(=O)(=O)c1ccc2c(c1)C(=O)c1cc(S(=O)(=O)N(CC)C(CCC)S(=O)(=O)O)ccc1C2=O)S(=O)(=O)O. The van der Waals surface area contributed by atoms with Gasteiger partial charge in [-0.2, -0.15) is 25.4 Å². The van der Waals surface area contributed by atoms with Gasteiger partial charge in [0.05, 0.1) is 9.79 Å². The molecule has 2 aromatic carbocycles. The summed E-state index contributed by atoms with van der Waals surface area (Å²) in [4.78, 5) is 25.9. The van der Waals surface area contributed by atoms with Gasteiger partial charge >= 0.3 is 0 Å². The van der Waals surface area contributed by atoms with Crippen LogP contribution < -0.4 is 0 Å². The molecule has 3 rings (SSSR count). The van der Waals surface area contributed by atoms with Gasteiger partial charge in [0.25, 0.3) is 20.2 Å². The third kappa shape index (κ3) is 6.67. The molecule has 0 bridgehead atoms. The minimum absolute atomic E-state index is 0.176. The quantitative estimate of drug-likeness (QED) is 0.233. The minimum Gasteiger partial charge on any atom is -0.289 e. The molecule has 2 unspecified atom stereocenters. The highest BCUT2D eigenvalue weighted by atomic mass is 32.2. The summed E-state index contributed by atoms with van der Waals surface area (Å²) in [5.74, 6) is -1.62. The molecule has 1 aliphatic rings. The first-order valence-electron chi connectivity index (χ1n) is 13.6. The molecule has 2 atom stereocenters. The number of hydrogen-bond donors (Lipinski definition) is 2. The number of fused-ring (bicyclic) bond motifs is 2. The van der Waals surface area contributed by atoms with E-state index >= 15 is 0 Å². The van der Waals surface area contributed by atoms with E-state index in [0.29, 0.717) is 8.61 Å². The van der Waals surface area contributed by atoms with E-state index < -0.39 is 72.4 Å². The molecule has 18 heteroatoms. The Morgan fingerprint density at radius 1 is 0.568 bits per heavy atom. The van der Waals surface area contributed by atoms with Gasteiger partial charge in [-0.3, -0.25) is 18.7 Å². The number of nitrogens with zero attached hydrogens (tertiary/aromatic N) is 2. The van der Waals surface area contributed by atoms with E-state index in [-0.39, 0.29) is 61.0 Å². The predicted molar refractivity (Wildman–Crippen MR) is 159 cm³/mol. The lowest BCUT2D eigenvalue weighted by atomic mass is 9.84. The van der Waals surface area contributed by atoms with Crippen LogP contribution in [0.15, 0.2) is 46.2 Å². The van der Waals surface area contributed by atoms with Crippen LogP contribution in [0, 0.1) is 0 Å². The fraction of sp³-hybridized carbons (Fsp3) is 0.462. The largest absolute Gasteiger partial charge is 0.289 e. The van der Waals surface area contributed by atoms with Crippen LogP contribution in [0.25, 0.3) is 0 Å². The van der Waals surface area contributed by atoms with E-state index in [4.69, 9.17) is 0 Å². The average Bonchev–Trinajstić information content (AvgIpc) is 2.94.